The van der Waals surface area contributed by atoms with Gasteiger partial charge in [-0.05, 0) is 7.05 Å². The average Bonchev–Trinajstić information content (AvgIpc) is 2.37. The highest BCUT2D eigenvalue weighted by Gasteiger charge is 1.99. The van der Waals surface area contributed by atoms with Crippen LogP contribution < -0.4 is 5.32 Å². The Morgan fingerprint density at radius 1 is 1.33 bits per heavy atom. The van der Waals surface area contributed by atoms with Crippen molar-refractivity contribution in [1.29, 1.82) is 0 Å². The number of nitrogens with one attached hydrogen (secondary N) is 1. The average molecular weight is 232 g/mol. The summed E-state index contributed by atoms with van der Waals surface area (Å²) in [6.07, 6.45) is 0. The molecule has 0 bridgehead atoms. The van der Waals surface area contributed by atoms with E-state index in [2.05, 4.69) is 15.5 Å². The van der Waals surface area contributed by atoms with E-state index in [9.17, 15) is 0 Å². The summed E-state index contributed by atoms with van der Waals surface area (Å²) in [4.78, 5) is 0. The van der Waals surface area contributed by atoms with Crippen LogP contribution in [-0.4, -0.2) is 22.4 Å². The number of aliphatic hydroxyl groups is 1. The van der Waals surface area contributed by atoms with Gasteiger partial charge in [0.1, 0.15) is 10.0 Å². The number of hydrogen-bond donors (Lipinski definition) is 2. The summed E-state index contributed by atoms with van der Waals surface area (Å²) in [5, 5.41) is 20.7. The van der Waals surface area contributed by atoms with Gasteiger partial charge < -0.3 is 10.4 Å². The Kier molecular flexibility index (Phi) is 9.35. The van der Waals surface area contributed by atoms with Gasteiger partial charge >= 0.3 is 0 Å². The molecule has 0 amide bonds. The van der Waals surface area contributed by atoms with Crippen molar-refractivity contribution < 1.29 is 5.11 Å². The summed E-state index contributed by atoms with van der Waals surface area (Å²) in [5.74, 6) is 0. The molecule has 0 aromatic carbocycles. The molecule has 72 valence electrons. The quantitative estimate of drug-likeness (QED) is 0.800. The van der Waals surface area contributed by atoms with Gasteiger partial charge in [-0.25, -0.2) is 0 Å². The zero-order chi connectivity index (χ0) is 7.40. The van der Waals surface area contributed by atoms with Gasteiger partial charge in [0.2, 0.25) is 0 Å². The van der Waals surface area contributed by atoms with Crippen molar-refractivity contribution in [2.45, 2.75) is 13.2 Å². The van der Waals surface area contributed by atoms with Crippen molar-refractivity contribution in [3.8, 4) is 0 Å². The third-order valence-corrected chi connectivity index (χ3v) is 1.88. The molecule has 1 heterocycles. The first-order valence-corrected chi connectivity index (χ1v) is 3.75. The Bertz CT molecular complexity index is 208. The molecule has 2 N–H and O–H groups in total. The third-order valence-electron chi connectivity index (χ3n) is 0.972. The Morgan fingerprint density at radius 2 is 1.92 bits per heavy atom. The SMILES string of the molecule is CNCc1nnc(CO)s1.Cl.Cl. The molecule has 12 heavy (non-hydrogen) atoms. The first-order chi connectivity index (χ1) is 4.86. The summed E-state index contributed by atoms with van der Waals surface area (Å²) in [6.45, 7) is 0.707. The van der Waals surface area contributed by atoms with Crippen LogP contribution >= 0.6 is 36.2 Å². The third kappa shape index (κ3) is 4.18. The van der Waals surface area contributed by atoms with Gasteiger partial charge in [0.05, 0.1) is 6.61 Å². The molecule has 0 aliphatic carbocycles. The molecule has 0 saturated heterocycles. The van der Waals surface area contributed by atoms with Crippen LogP contribution in [0.5, 0.6) is 0 Å². The smallest absolute Gasteiger partial charge is 0.143 e. The normalized spacial score (nSPS) is 8.50. The maximum Gasteiger partial charge on any atom is 0.143 e. The van der Waals surface area contributed by atoms with Crippen molar-refractivity contribution in [3.05, 3.63) is 10.0 Å². The van der Waals surface area contributed by atoms with Crippen molar-refractivity contribution in [1.82, 2.24) is 15.5 Å². The molecule has 0 saturated carbocycles. The van der Waals surface area contributed by atoms with E-state index in [1.807, 2.05) is 7.05 Å². The molecule has 4 nitrogen and oxygen atoms in total. The molecule has 7 heteroatoms. The zero-order valence-corrected chi connectivity index (χ0v) is 8.93. The predicted molar refractivity (Wildman–Crippen MR) is 53.1 cm³/mol. The molecule has 0 radical (unpaired) electrons. The minimum Gasteiger partial charge on any atom is -0.389 e. The summed E-state index contributed by atoms with van der Waals surface area (Å²) >= 11 is 1.42. The van der Waals surface area contributed by atoms with E-state index in [0.29, 0.717) is 5.01 Å². The van der Waals surface area contributed by atoms with Gasteiger partial charge in [-0.1, -0.05) is 11.3 Å². The minimum atomic E-state index is -0.0125. The predicted octanol–water partition coefficient (Wildman–Crippen LogP) is 0.593. The maximum absolute atomic E-state index is 8.61. The lowest BCUT2D eigenvalue weighted by Gasteiger charge is -1.87. The number of rotatable bonds is 3. The van der Waals surface area contributed by atoms with Gasteiger partial charge in [-0.15, -0.1) is 35.0 Å². The van der Waals surface area contributed by atoms with Gasteiger partial charge in [0.25, 0.3) is 0 Å². The van der Waals surface area contributed by atoms with Crippen LogP contribution in [0.25, 0.3) is 0 Å². The molecule has 0 spiro atoms. The highest BCUT2D eigenvalue weighted by Crippen LogP contribution is 2.07. The molecule has 0 atom stereocenters. The van der Waals surface area contributed by atoms with Crippen molar-refractivity contribution in [2.75, 3.05) is 7.05 Å². The number of aromatic nitrogens is 2. The van der Waals surface area contributed by atoms with Crippen molar-refractivity contribution in [3.63, 3.8) is 0 Å². The number of aliphatic hydroxyl groups excluding tert-OH is 1. The largest absolute Gasteiger partial charge is 0.389 e. The molecule has 0 fully saturated rings. The summed E-state index contributed by atoms with van der Waals surface area (Å²) in [5.41, 5.74) is 0. The highest BCUT2D eigenvalue weighted by molar-refractivity contribution is 7.11. The second-order valence-corrected chi connectivity index (χ2v) is 2.92. The van der Waals surface area contributed by atoms with Crippen LogP contribution in [0.1, 0.15) is 10.0 Å². The lowest BCUT2D eigenvalue weighted by molar-refractivity contribution is 0.280. The maximum atomic E-state index is 8.61. The second kappa shape index (κ2) is 7.70. The van der Waals surface area contributed by atoms with Crippen LogP contribution in [0.4, 0.5) is 0 Å². The van der Waals surface area contributed by atoms with Crippen LogP contribution in [0, 0.1) is 0 Å². The highest BCUT2D eigenvalue weighted by atomic mass is 35.5. The fourth-order valence-electron chi connectivity index (χ4n) is 0.575. The molecular weight excluding hydrogens is 221 g/mol. The second-order valence-electron chi connectivity index (χ2n) is 1.78. The van der Waals surface area contributed by atoms with E-state index in [1.165, 1.54) is 11.3 Å². The van der Waals surface area contributed by atoms with Crippen LogP contribution in [0.2, 0.25) is 0 Å². The molecular formula is C5H11Cl2N3OS. The van der Waals surface area contributed by atoms with Crippen LogP contribution in [0.3, 0.4) is 0 Å². The molecule has 1 aromatic rings. The molecule has 0 aliphatic heterocycles. The summed E-state index contributed by atoms with van der Waals surface area (Å²) in [6, 6.07) is 0. The van der Waals surface area contributed by atoms with Gasteiger partial charge in [0.15, 0.2) is 0 Å². The van der Waals surface area contributed by atoms with Crippen molar-refractivity contribution >= 4 is 36.2 Å². The van der Waals surface area contributed by atoms with E-state index in [1.54, 1.807) is 0 Å². The number of hydrogen-bond acceptors (Lipinski definition) is 5. The molecule has 1 aromatic heterocycles. The molecule has 0 unspecified atom stereocenters. The first kappa shape index (κ1) is 14.6. The molecule has 1 rings (SSSR count). The van der Waals surface area contributed by atoms with E-state index in [-0.39, 0.29) is 31.4 Å². The van der Waals surface area contributed by atoms with E-state index < -0.39 is 0 Å². The van der Waals surface area contributed by atoms with Gasteiger partial charge in [-0.3, -0.25) is 0 Å². The fourth-order valence-corrected chi connectivity index (χ4v) is 1.29. The zero-order valence-electron chi connectivity index (χ0n) is 6.48. The van der Waals surface area contributed by atoms with E-state index >= 15 is 0 Å². The van der Waals surface area contributed by atoms with E-state index in [4.69, 9.17) is 5.11 Å². The van der Waals surface area contributed by atoms with Gasteiger partial charge in [0, 0.05) is 6.54 Å². The van der Waals surface area contributed by atoms with Crippen LogP contribution in [0.15, 0.2) is 0 Å². The Hall–Kier alpha value is 0.0600. The van der Waals surface area contributed by atoms with Crippen molar-refractivity contribution in [2.24, 2.45) is 0 Å². The fraction of sp³-hybridized carbons (Fsp3) is 0.600. The van der Waals surface area contributed by atoms with Gasteiger partial charge in [-0.2, -0.15) is 0 Å². The molecule has 0 aliphatic rings. The lowest BCUT2D eigenvalue weighted by Crippen LogP contribution is -2.04. The Morgan fingerprint density at radius 3 is 2.33 bits per heavy atom. The summed E-state index contributed by atoms with van der Waals surface area (Å²) in [7, 11) is 1.85. The first-order valence-electron chi connectivity index (χ1n) is 2.93. The minimum absolute atomic E-state index is 0. The Labute approximate surface area is 87.2 Å². The summed E-state index contributed by atoms with van der Waals surface area (Å²) < 4.78 is 0. The Balaban J connectivity index is 0. The lowest BCUT2D eigenvalue weighted by atomic mass is 10.7. The van der Waals surface area contributed by atoms with Crippen LogP contribution in [-0.2, 0) is 13.2 Å². The standard InChI is InChI=1S/C5H9N3OS.2ClH/c1-6-2-4-7-8-5(3-9)10-4;;/h6,9H,2-3H2,1H3;2*1H. The monoisotopic (exact) mass is 231 g/mol. The number of nitrogens with zero attached hydrogens (tertiary/aromatic N) is 2. The topological polar surface area (TPSA) is 58.0 Å². The number of halogens is 2. The van der Waals surface area contributed by atoms with E-state index in [0.717, 1.165) is 11.6 Å².